The lowest BCUT2D eigenvalue weighted by molar-refractivity contribution is 0.0517. The monoisotopic (exact) mass is 361 g/mol. The second-order valence-corrected chi connectivity index (χ2v) is 7.61. The molecule has 144 valence electrons. The third-order valence-corrected chi connectivity index (χ3v) is 5.68. The highest BCUT2D eigenvalue weighted by atomic mass is 16.5. The second-order valence-electron chi connectivity index (χ2n) is 7.61. The van der Waals surface area contributed by atoms with Gasteiger partial charge in [0, 0.05) is 70.8 Å². The highest BCUT2D eigenvalue weighted by Gasteiger charge is 2.23. The lowest BCUT2D eigenvalue weighted by atomic mass is 9.99. The van der Waals surface area contributed by atoms with Crippen LogP contribution in [0.25, 0.3) is 0 Å². The van der Waals surface area contributed by atoms with Crippen molar-refractivity contribution in [2.45, 2.75) is 19.8 Å². The molecule has 1 aromatic heterocycles. The largest absolute Gasteiger partial charge is 0.381 e. The van der Waals surface area contributed by atoms with Crippen LogP contribution in [0.15, 0.2) is 6.07 Å². The molecule has 7 nitrogen and oxygen atoms in total. The predicted octanol–water partition coefficient (Wildman–Crippen LogP) is 1.17. The molecule has 0 radical (unpaired) electrons. The van der Waals surface area contributed by atoms with Crippen molar-refractivity contribution in [2.75, 3.05) is 82.0 Å². The first-order valence-electron chi connectivity index (χ1n) is 10.0. The standard InChI is InChI=1S/C19H31N5O2/c1-16-14-18(21-19(20-16)24-8-12-26-13-9-24)23-6-4-22(5-7-23)15-17-2-10-25-11-3-17/h14,17H,2-13,15H2,1H3. The first kappa shape index (κ1) is 17.9. The first-order valence-corrected chi connectivity index (χ1v) is 10.0. The lowest BCUT2D eigenvalue weighted by Crippen LogP contribution is -2.48. The van der Waals surface area contributed by atoms with Gasteiger partial charge >= 0.3 is 0 Å². The predicted molar refractivity (Wildman–Crippen MR) is 102 cm³/mol. The fraction of sp³-hybridized carbons (Fsp3) is 0.789. The first-order chi connectivity index (χ1) is 12.8. The molecule has 26 heavy (non-hydrogen) atoms. The number of ether oxygens (including phenoxy) is 2. The minimum atomic E-state index is 0.761. The summed E-state index contributed by atoms with van der Waals surface area (Å²) in [7, 11) is 0. The minimum absolute atomic E-state index is 0.761. The van der Waals surface area contributed by atoms with E-state index in [2.05, 4.69) is 32.7 Å². The maximum Gasteiger partial charge on any atom is 0.227 e. The van der Waals surface area contributed by atoms with Gasteiger partial charge in [-0.15, -0.1) is 0 Å². The average molecular weight is 361 g/mol. The van der Waals surface area contributed by atoms with E-state index < -0.39 is 0 Å². The van der Waals surface area contributed by atoms with Crippen LogP contribution in [0.5, 0.6) is 0 Å². The van der Waals surface area contributed by atoms with E-state index in [0.717, 1.165) is 89.1 Å². The van der Waals surface area contributed by atoms with Gasteiger partial charge in [-0.2, -0.15) is 4.98 Å². The van der Waals surface area contributed by atoms with E-state index in [9.17, 15) is 0 Å². The van der Waals surface area contributed by atoms with Crippen molar-refractivity contribution in [1.29, 1.82) is 0 Å². The topological polar surface area (TPSA) is 54.0 Å². The van der Waals surface area contributed by atoms with Crippen LogP contribution < -0.4 is 9.80 Å². The van der Waals surface area contributed by atoms with Gasteiger partial charge < -0.3 is 19.3 Å². The smallest absolute Gasteiger partial charge is 0.227 e. The number of anilines is 2. The summed E-state index contributed by atoms with van der Waals surface area (Å²) in [5, 5.41) is 0. The summed E-state index contributed by atoms with van der Waals surface area (Å²) in [5.74, 6) is 2.74. The Morgan fingerprint density at radius 3 is 2.31 bits per heavy atom. The van der Waals surface area contributed by atoms with Gasteiger partial charge in [0.1, 0.15) is 5.82 Å². The average Bonchev–Trinajstić information content (AvgIpc) is 2.70. The highest BCUT2D eigenvalue weighted by molar-refractivity contribution is 5.46. The Morgan fingerprint density at radius 2 is 1.58 bits per heavy atom. The van der Waals surface area contributed by atoms with Gasteiger partial charge in [0.05, 0.1) is 13.2 Å². The molecule has 0 saturated carbocycles. The Balaban J connectivity index is 1.35. The summed E-state index contributed by atoms with van der Waals surface area (Å²) < 4.78 is 10.9. The molecule has 7 heteroatoms. The Kier molecular flexibility index (Phi) is 5.87. The molecule has 0 bridgehead atoms. The van der Waals surface area contributed by atoms with E-state index in [1.54, 1.807) is 0 Å². The number of morpholine rings is 1. The molecule has 3 saturated heterocycles. The second kappa shape index (κ2) is 8.50. The Morgan fingerprint density at radius 1 is 0.885 bits per heavy atom. The molecular weight excluding hydrogens is 330 g/mol. The third kappa shape index (κ3) is 4.45. The van der Waals surface area contributed by atoms with E-state index in [1.165, 1.54) is 19.4 Å². The van der Waals surface area contributed by atoms with Gasteiger partial charge in [0.15, 0.2) is 0 Å². The van der Waals surface area contributed by atoms with Gasteiger partial charge in [-0.1, -0.05) is 0 Å². The van der Waals surface area contributed by atoms with Crippen LogP contribution in [-0.2, 0) is 9.47 Å². The molecule has 3 fully saturated rings. The number of aromatic nitrogens is 2. The third-order valence-electron chi connectivity index (χ3n) is 5.68. The zero-order valence-electron chi connectivity index (χ0n) is 15.9. The quantitative estimate of drug-likeness (QED) is 0.798. The molecule has 0 N–H and O–H groups in total. The number of hydrogen-bond donors (Lipinski definition) is 0. The fourth-order valence-corrected chi connectivity index (χ4v) is 4.06. The molecular formula is C19H31N5O2. The van der Waals surface area contributed by atoms with Crippen molar-refractivity contribution in [3.63, 3.8) is 0 Å². The fourth-order valence-electron chi connectivity index (χ4n) is 4.06. The van der Waals surface area contributed by atoms with Crippen LogP contribution >= 0.6 is 0 Å². The molecule has 0 aromatic carbocycles. The molecule has 4 rings (SSSR count). The zero-order valence-corrected chi connectivity index (χ0v) is 15.9. The van der Waals surface area contributed by atoms with Gasteiger partial charge in [-0.3, -0.25) is 4.90 Å². The summed E-state index contributed by atoms with van der Waals surface area (Å²) >= 11 is 0. The molecule has 0 spiro atoms. The van der Waals surface area contributed by atoms with Crippen LogP contribution in [-0.4, -0.2) is 87.1 Å². The number of hydrogen-bond acceptors (Lipinski definition) is 7. The summed E-state index contributed by atoms with van der Waals surface area (Å²) in [4.78, 5) is 16.8. The van der Waals surface area contributed by atoms with Crippen LogP contribution in [0, 0.1) is 12.8 Å². The molecule has 3 aliphatic rings. The van der Waals surface area contributed by atoms with Crippen LogP contribution in [0.2, 0.25) is 0 Å². The van der Waals surface area contributed by atoms with Gasteiger partial charge in [0.25, 0.3) is 0 Å². The maximum atomic E-state index is 5.48. The van der Waals surface area contributed by atoms with E-state index >= 15 is 0 Å². The summed E-state index contributed by atoms with van der Waals surface area (Å²) in [6.07, 6.45) is 2.43. The van der Waals surface area contributed by atoms with Crippen molar-refractivity contribution in [2.24, 2.45) is 5.92 Å². The maximum absolute atomic E-state index is 5.48. The molecule has 1 aromatic rings. The van der Waals surface area contributed by atoms with Crippen LogP contribution in [0.1, 0.15) is 18.5 Å². The zero-order chi connectivity index (χ0) is 17.8. The number of piperazine rings is 1. The van der Waals surface area contributed by atoms with Gasteiger partial charge in [0.2, 0.25) is 5.95 Å². The molecule has 0 aliphatic carbocycles. The summed E-state index contributed by atoms with van der Waals surface area (Å²) in [5.41, 5.74) is 1.04. The van der Waals surface area contributed by atoms with Crippen LogP contribution in [0.3, 0.4) is 0 Å². The highest BCUT2D eigenvalue weighted by Crippen LogP contribution is 2.21. The number of nitrogens with zero attached hydrogens (tertiary/aromatic N) is 5. The molecule has 0 atom stereocenters. The minimum Gasteiger partial charge on any atom is -0.381 e. The van der Waals surface area contributed by atoms with Crippen molar-refractivity contribution in [3.05, 3.63) is 11.8 Å². The van der Waals surface area contributed by atoms with Gasteiger partial charge in [-0.05, 0) is 25.7 Å². The van der Waals surface area contributed by atoms with Crippen molar-refractivity contribution in [1.82, 2.24) is 14.9 Å². The van der Waals surface area contributed by atoms with Gasteiger partial charge in [-0.25, -0.2) is 4.98 Å². The lowest BCUT2D eigenvalue weighted by Gasteiger charge is -2.38. The molecule has 4 heterocycles. The Hall–Kier alpha value is -1.44. The molecule has 0 unspecified atom stereocenters. The van der Waals surface area contributed by atoms with E-state index in [4.69, 9.17) is 14.5 Å². The Bertz CT molecular complexity index is 579. The number of rotatable bonds is 4. The van der Waals surface area contributed by atoms with E-state index in [0.29, 0.717) is 0 Å². The van der Waals surface area contributed by atoms with E-state index in [-0.39, 0.29) is 0 Å². The normalized spacial score (nSPS) is 23.4. The van der Waals surface area contributed by atoms with Crippen LogP contribution in [0.4, 0.5) is 11.8 Å². The number of aryl methyl sites for hydroxylation is 1. The van der Waals surface area contributed by atoms with Crippen molar-refractivity contribution >= 4 is 11.8 Å². The molecule has 0 amide bonds. The summed E-state index contributed by atoms with van der Waals surface area (Å²) in [6.45, 7) is 12.8. The Labute approximate surface area is 156 Å². The summed E-state index contributed by atoms with van der Waals surface area (Å²) in [6, 6.07) is 2.12. The van der Waals surface area contributed by atoms with Crippen molar-refractivity contribution in [3.8, 4) is 0 Å². The van der Waals surface area contributed by atoms with E-state index in [1.807, 2.05) is 0 Å². The molecule has 3 aliphatic heterocycles. The SMILES string of the molecule is Cc1cc(N2CCN(CC3CCOCC3)CC2)nc(N2CCOCC2)n1. The van der Waals surface area contributed by atoms with Crippen molar-refractivity contribution < 1.29 is 9.47 Å².